The predicted octanol–water partition coefficient (Wildman–Crippen LogP) is 16.0. The van der Waals surface area contributed by atoms with Crippen LogP contribution in [0.2, 0.25) is 0 Å². The minimum atomic E-state index is -2.74. The molecule has 0 saturated heterocycles. The Kier molecular flexibility index (Phi) is 13.6. The smallest absolute Gasteiger partial charge is 0.238 e. The molecule has 394 valence electrons. The molecule has 2 aliphatic carbocycles. The summed E-state index contributed by atoms with van der Waals surface area (Å²) in [5.74, 6) is -42.9. The maximum Gasteiger partial charge on any atom is 0.262 e. The molecule has 0 saturated carbocycles. The molecule has 0 bridgehead atoms. The summed E-state index contributed by atoms with van der Waals surface area (Å²) < 4.78 is 262. The number of fused-ring (bicyclic) bond motifs is 2. The van der Waals surface area contributed by atoms with Crippen molar-refractivity contribution in [3.05, 3.63) is 260 Å². The molecule has 0 atom stereocenters. The predicted molar refractivity (Wildman–Crippen MR) is 254 cm³/mol. The third-order valence-electron chi connectivity index (χ3n) is 13.0. The quantitative estimate of drug-likeness (QED) is 0.0929. The van der Waals surface area contributed by atoms with Crippen LogP contribution < -0.4 is 0 Å². The van der Waals surface area contributed by atoms with Crippen LogP contribution in [0, 0.1) is 169 Å². The van der Waals surface area contributed by atoms with Crippen molar-refractivity contribution in [2.45, 2.75) is 0 Å². The van der Waals surface area contributed by atoms with Crippen molar-refractivity contribution in [2.75, 3.05) is 0 Å². The molecule has 24 heteroatoms. The largest absolute Gasteiger partial charge is 0.262 e. The van der Waals surface area contributed by atoms with Gasteiger partial charge in [-0.15, -0.1) is 0 Å². The van der Waals surface area contributed by atoms with Gasteiger partial charge >= 0.3 is 0 Å². The number of hydrogen-bond donors (Lipinski definition) is 0. The first-order chi connectivity index (χ1) is 39.1. The van der Waals surface area contributed by atoms with Gasteiger partial charge in [0.15, 0.2) is 98.8 Å². The molecule has 0 N–H and O–H groups in total. The Morgan fingerprint density at radius 2 is 0.622 bits per heavy atom. The molecular weight excluding hydrogens is 1110 g/mol. The lowest BCUT2D eigenvalue weighted by atomic mass is 9.82. The highest BCUT2D eigenvalue weighted by atomic mass is 19.2. The van der Waals surface area contributed by atoms with Crippen LogP contribution in [0.3, 0.4) is 0 Å². The second-order valence-electron chi connectivity index (χ2n) is 16.9. The Hall–Kier alpha value is -11.7. The van der Waals surface area contributed by atoms with Gasteiger partial charge in [-0.25, -0.2) is 84.8 Å². The number of allylic oxidation sites excluding steroid dienone is 6. The van der Waals surface area contributed by atoms with Gasteiger partial charge in [-0.1, -0.05) is 36.4 Å². The molecule has 0 amide bonds. The SMILES string of the molecule is [C-]#[N+]c1ccc(C2=C(C#N)c3cc4c(cc3/C2=C(\c2c(F)c(F)c(C#N)c(F)c2F)c2c(F)c(F)c([N+]#[C-])c(F)c2F)C(C#N)=C(c2ccc(C#N)cc2)/C4=C(\c2c(F)c(F)c(C#N)c(F)c2F)c2c(F)c(F)c([N+]#[C-])c(F)c2F)cc1. The average molecular weight is 1120 g/mol. The van der Waals surface area contributed by atoms with E-state index in [0.717, 1.165) is 60.7 Å². The number of nitrogens with zero attached hydrogens (tertiary/aromatic N) is 8. The average Bonchev–Trinajstić information content (AvgIpc) is 4.09. The molecule has 0 spiro atoms. The van der Waals surface area contributed by atoms with Crippen LogP contribution in [0.1, 0.15) is 72.3 Å². The lowest BCUT2D eigenvalue weighted by Crippen LogP contribution is -2.13. The van der Waals surface area contributed by atoms with Crippen LogP contribution in [0.25, 0.3) is 59.1 Å². The van der Waals surface area contributed by atoms with E-state index in [-0.39, 0.29) is 11.3 Å². The highest BCUT2D eigenvalue weighted by Crippen LogP contribution is 2.59. The van der Waals surface area contributed by atoms with Gasteiger partial charge in [0.1, 0.15) is 35.4 Å². The van der Waals surface area contributed by atoms with Gasteiger partial charge in [0.2, 0.25) is 0 Å². The molecule has 8 nitrogen and oxygen atoms in total. The van der Waals surface area contributed by atoms with Crippen molar-refractivity contribution in [3.8, 4) is 30.3 Å². The first kappa shape index (κ1) is 55.1. The molecule has 0 radical (unpaired) electrons. The van der Waals surface area contributed by atoms with Gasteiger partial charge in [0, 0.05) is 44.6 Å². The minimum Gasteiger partial charge on any atom is -0.238 e. The fourth-order valence-corrected chi connectivity index (χ4v) is 9.48. The molecule has 0 fully saturated rings. The second-order valence-corrected chi connectivity index (χ2v) is 16.9. The van der Waals surface area contributed by atoms with E-state index in [9.17, 15) is 26.3 Å². The normalized spacial score (nSPS) is 13.5. The van der Waals surface area contributed by atoms with Crippen LogP contribution in [0.15, 0.2) is 60.7 Å². The summed E-state index contributed by atoms with van der Waals surface area (Å²) in [5, 5.41) is 50.9. The number of benzene rings is 7. The van der Waals surface area contributed by atoms with Gasteiger partial charge in [0.25, 0.3) is 11.4 Å². The van der Waals surface area contributed by atoms with E-state index in [1.54, 1.807) is 18.2 Å². The van der Waals surface area contributed by atoms with E-state index in [2.05, 4.69) is 14.5 Å². The number of hydrogen-bond acceptors (Lipinski definition) is 5. The lowest BCUT2D eigenvalue weighted by molar-refractivity contribution is 0.443. The molecule has 0 aromatic heterocycles. The second kappa shape index (κ2) is 20.3. The van der Waals surface area contributed by atoms with Gasteiger partial charge in [-0.05, 0) is 46.5 Å². The summed E-state index contributed by atoms with van der Waals surface area (Å²) in [7, 11) is 0. The monoisotopic (exact) mass is 1120 g/mol. The Bertz CT molecular complexity index is 4130. The third-order valence-corrected chi connectivity index (χ3v) is 13.0. The van der Waals surface area contributed by atoms with Crippen LogP contribution in [-0.2, 0) is 0 Å². The Labute approximate surface area is 447 Å². The van der Waals surface area contributed by atoms with E-state index in [1.807, 2.05) is 0 Å². The molecule has 7 aromatic rings. The Balaban J connectivity index is 1.64. The molecule has 9 rings (SSSR count). The zero-order chi connectivity index (χ0) is 59.8. The van der Waals surface area contributed by atoms with E-state index < -0.39 is 216 Å². The van der Waals surface area contributed by atoms with E-state index in [4.69, 9.17) is 19.7 Å². The number of rotatable bonds is 6. The summed E-state index contributed by atoms with van der Waals surface area (Å²) in [6, 6.07) is 15.1. The molecule has 0 unspecified atom stereocenters. The molecule has 2 aliphatic rings. The van der Waals surface area contributed by atoms with E-state index in [1.165, 1.54) is 0 Å². The highest BCUT2D eigenvalue weighted by Gasteiger charge is 2.44. The summed E-state index contributed by atoms with van der Waals surface area (Å²) >= 11 is 0. The van der Waals surface area contributed by atoms with Gasteiger partial charge in [0.05, 0.1) is 64.7 Å². The Morgan fingerprint density at radius 1 is 0.329 bits per heavy atom. The fourth-order valence-electron chi connectivity index (χ4n) is 9.48. The molecule has 0 aliphatic heterocycles. The summed E-state index contributed by atoms with van der Waals surface area (Å²) in [5.41, 5.74) is -33.4. The summed E-state index contributed by atoms with van der Waals surface area (Å²) in [4.78, 5) is 7.92. The summed E-state index contributed by atoms with van der Waals surface area (Å²) in [6.07, 6.45) is 0. The van der Waals surface area contributed by atoms with Crippen molar-refractivity contribution in [2.24, 2.45) is 0 Å². The first-order valence-electron chi connectivity index (χ1n) is 22.0. The van der Waals surface area contributed by atoms with Crippen LogP contribution >= 0.6 is 0 Å². The maximum atomic E-state index is 16.8. The zero-order valence-corrected chi connectivity index (χ0v) is 39.4. The number of nitriles is 5. The Morgan fingerprint density at radius 3 is 0.878 bits per heavy atom. The highest BCUT2D eigenvalue weighted by molar-refractivity contribution is 6.34. The standard InChI is InChI=1S/C58H10F16N8/c1-80-22-10-8-21(9-11-22)32-28(16-77)24-13-25-23(12-26(24)34(32)36(38-47(65)43(61)30(18-79)44(62)48(38)66)40-51(69)55(73)58(82-3)56(74)52(40)70)27(15-76)31(20-6-4-19(14-75)5-7-20)33(25)35(37-45(63)41(59)29(17-78)42(60)46(37)64)39-49(67)53(71)57(81-2)54(72)50(39)68/h4-13H/b35-33+,36-34-. The molecule has 7 aromatic carbocycles. The van der Waals surface area contributed by atoms with Crippen molar-refractivity contribution in [1.82, 2.24) is 0 Å². The molecule has 82 heavy (non-hydrogen) atoms. The van der Waals surface area contributed by atoms with Crippen molar-refractivity contribution in [3.63, 3.8) is 0 Å². The zero-order valence-electron chi connectivity index (χ0n) is 39.4. The van der Waals surface area contributed by atoms with Crippen molar-refractivity contribution >= 4 is 61.6 Å². The van der Waals surface area contributed by atoms with Gasteiger partial charge in [-0.3, -0.25) is 0 Å². The van der Waals surface area contributed by atoms with Gasteiger partial charge in [-0.2, -0.15) is 26.3 Å². The van der Waals surface area contributed by atoms with Crippen LogP contribution in [0.5, 0.6) is 0 Å². The van der Waals surface area contributed by atoms with Crippen LogP contribution in [0.4, 0.5) is 87.3 Å². The lowest BCUT2D eigenvalue weighted by Gasteiger charge is -2.22. The van der Waals surface area contributed by atoms with E-state index >= 15 is 70.2 Å². The van der Waals surface area contributed by atoms with Crippen molar-refractivity contribution < 1.29 is 70.2 Å². The molecular formula is C58H10F16N8. The summed E-state index contributed by atoms with van der Waals surface area (Å²) in [6.45, 7) is 21.8. The first-order valence-corrected chi connectivity index (χ1v) is 22.0. The maximum absolute atomic E-state index is 16.8. The van der Waals surface area contributed by atoms with Gasteiger partial charge < -0.3 is 0 Å². The fraction of sp³-hybridized carbons (Fsp3) is 0. The van der Waals surface area contributed by atoms with Crippen molar-refractivity contribution in [1.29, 1.82) is 26.3 Å². The molecule has 0 heterocycles. The number of halogens is 16. The third kappa shape index (κ3) is 7.71. The topological polar surface area (TPSA) is 132 Å². The van der Waals surface area contributed by atoms with Crippen LogP contribution in [-0.4, -0.2) is 0 Å². The van der Waals surface area contributed by atoms with E-state index in [0.29, 0.717) is 12.1 Å². The minimum absolute atomic E-state index is 0.220.